The van der Waals surface area contributed by atoms with E-state index in [4.69, 9.17) is 13.7 Å². The first-order valence-electron chi connectivity index (χ1n) is 13.7. The SMILES string of the molecule is COC[C@@H]1CCCN1S(=O)(=O)c1ccc2c(c1)C(=O)C(=O)N2Cc1ccc(OCCOS(=O)(=O)c2ccc(C)cc2)cc1. The van der Waals surface area contributed by atoms with Gasteiger partial charge in [0.2, 0.25) is 10.0 Å². The molecule has 0 bridgehead atoms. The summed E-state index contributed by atoms with van der Waals surface area (Å²) in [5.74, 6) is -1.04. The van der Waals surface area contributed by atoms with E-state index < -0.39 is 31.8 Å². The Balaban J connectivity index is 1.21. The molecule has 43 heavy (non-hydrogen) atoms. The molecule has 3 aromatic carbocycles. The van der Waals surface area contributed by atoms with Gasteiger partial charge in [0.1, 0.15) is 19.0 Å². The first-order chi connectivity index (χ1) is 20.5. The second-order valence-corrected chi connectivity index (χ2v) is 13.9. The molecule has 0 radical (unpaired) electrons. The number of ether oxygens (including phenoxy) is 2. The summed E-state index contributed by atoms with van der Waals surface area (Å²) in [6.07, 6.45) is 1.41. The smallest absolute Gasteiger partial charge is 0.299 e. The summed E-state index contributed by atoms with van der Waals surface area (Å²) in [6, 6.07) is 17.0. The molecule has 0 aliphatic carbocycles. The lowest BCUT2D eigenvalue weighted by Crippen LogP contribution is -2.38. The molecule has 3 aromatic rings. The Morgan fingerprint density at radius 3 is 2.28 bits per heavy atom. The fourth-order valence-corrected chi connectivity index (χ4v) is 7.77. The van der Waals surface area contributed by atoms with Crippen molar-refractivity contribution in [1.29, 1.82) is 0 Å². The fourth-order valence-electron chi connectivity index (χ4n) is 5.17. The normalized spacial score (nSPS) is 17.4. The zero-order chi connectivity index (χ0) is 30.8. The molecule has 13 heteroatoms. The standard InChI is InChI=1S/C30H32N2O9S2/c1-21-5-11-25(12-6-21)43(37,38)41-17-16-40-24-9-7-22(8-10-24)19-31-28-14-13-26(18-27(28)29(33)30(31)34)42(35,36)32-15-3-4-23(32)20-39-2/h5-14,18,23H,3-4,15-17,19-20H2,1-2H3/t23-/m0/s1. The monoisotopic (exact) mass is 628 g/mol. The van der Waals surface area contributed by atoms with Gasteiger partial charge in [0.25, 0.3) is 21.8 Å². The van der Waals surface area contributed by atoms with Crippen molar-refractivity contribution in [3.05, 3.63) is 83.4 Å². The number of hydrogen-bond acceptors (Lipinski definition) is 9. The van der Waals surface area contributed by atoms with Gasteiger partial charge in [-0.05, 0) is 67.8 Å². The molecular formula is C30H32N2O9S2. The Kier molecular flexibility index (Phi) is 8.99. The highest BCUT2D eigenvalue weighted by molar-refractivity contribution is 7.89. The van der Waals surface area contributed by atoms with Crippen LogP contribution in [0.25, 0.3) is 0 Å². The zero-order valence-corrected chi connectivity index (χ0v) is 25.4. The molecule has 1 saturated heterocycles. The minimum atomic E-state index is -3.89. The molecule has 0 N–H and O–H groups in total. The van der Waals surface area contributed by atoms with Gasteiger partial charge in [-0.25, -0.2) is 8.42 Å². The van der Waals surface area contributed by atoms with Gasteiger partial charge in [-0.1, -0.05) is 29.8 Å². The number of methoxy groups -OCH3 is 1. The van der Waals surface area contributed by atoms with Gasteiger partial charge in [0, 0.05) is 19.7 Å². The summed E-state index contributed by atoms with van der Waals surface area (Å²) in [5.41, 5.74) is 2.03. The van der Waals surface area contributed by atoms with Crippen LogP contribution >= 0.6 is 0 Å². The maximum atomic E-state index is 13.3. The third-order valence-electron chi connectivity index (χ3n) is 7.40. The number of benzene rings is 3. The van der Waals surface area contributed by atoms with Crippen molar-refractivity contribution in [1.82, 2.24) is 4.31 Å². The number of hydrogen-bond donors (Lipinski definition) is 0. The molecular weight excluding hydrogens is 596 g/mol. The molecule has 2 heterocycles. The quantitative estimate of drug-likeness (QED) is 0.168. The molecule has 228 valence electrons. The van der Waals surface area contributed by atoms with Gasteiger partial charge >= 0.3 is 0 Å². The summed E-state index contributed by atoms with van der Waals surface area (Å²) in [7, 11) is -6.24. The van der Waals surface area contributed by atoms with E-state index in [-0.39, 0.29) is 47.8 Å². The van der Waals surface area contributed by atoms with E-state index in [1.165, 1.54) is 46.6 Å². The van der Waals surface area contributed by atoms with Crippen LogP contribution in [0.15, 0.2) is 76.5 Å². The number of amides is 1. The minimum Gasteiger partial charge on any atom is -0.491 e. The zero-order valence-electron chi connectivity index (χ0n) is 23.8. The van der Waals surface area contributed by atoms with Crippen molar-refractivity contribution in [3.8, 4) is 5.75 Å². The average Bonchev–Trinajstić information content (AvgIpc) is 3.56. The average molecular weight is 629 g/mol. The first kappa shape index (κ1) is 30.8. The van der Waals surface area contributed by atoms with Crippen LogP contribution in [0, 0.1) is 6.92 Å². The van der Waals surface area contributed by atoms with Crippen molar-refractivity contribution >= 4 is 37.5 Å². The van der Waals surface area contributed by atoms with Crippen LogP contribution in [0.1, 0.15) is 34.3 Å². The van der Waals surface area contributed by atoms with Gasteiger partial charge < -0.3 is 14.4 Å². The highest BCUT2D eigenvalue weighted by Gasteiger charge is 2.39. The van der Waals surface area contributed by atoms with Gasteiger partial charge in [-0.2, -0.15) is 12.7 Å². The largest absolute Gasteiger partial charge is 0.491 e. The van der Waals surface area contributed by atoms with Crippen LogP contribution in [0.3, 0.4) is 0 Å². The van der Waals surface area contributed by atoms with E-state index in [2.05, 4.69) is 0 Å². The van der Waals surface area contributed by atoms with E-state index in [0.29, 0.717) is 30.0 Å². The molecule has 0 unspecified atom stereocenters. The molecule has 5 rings (SSSR count). The number of carbonyl (C=O) groups excluding carboxylic acids is 2. The number of rotatable bonds is 12. The fraction of sp³-hybridized carbons (Fsp3) is 0.333. The summed E-state index contributed by atoms with van der Waals surface area (Å²) < 4.78 is 68.5. The maximum Gasteiger partial charge on any atom is 0.299 e. The number of Topliss-reactive ketones (excluding diaryl/α,β-unsaturated/α-hetero) is 1. The Morgan fingerprint density at radius 2 is 1.58 bits per heavy atom. The number of anilines is 1. The number of sulfonamides is 1. The van der Waals surface area contributed by atoms with E-state index in [1.807, 2.05) is 6.92 Å². The van der Waals surface area contributed by atoms with Gasteiger partial charge in [0.05, 0.1) is 34.2 Å². The van der Waals surface area contributed by atoms with Crippen molar-refractivity contribution in [3.63, 3.8) is 0 Å². The van der Waals surface area contributed by atoms with Crippen LogP contribution in [-0.4, -0.2) is 72.3 Å². The lowest BCUT2D eigenvalue weighted by Gasteiger charge is -2.24. The molecule has 1 amide bonds. The van der Waals surface area contributed by atoms with Crippen molar-refractivity contribution in [2.75, 3.05) is 38.4 Å². The van der Waals surface area contributed by atoms with Crippen LogP contribution in [0.4, 0.5) is 5.69 Å². The van der Waals surface area contributed by atoms with Gasteiger partial charge in [0.15, 0.2) is 0 Å². The van der Waals surface area contributed by atoms with Crippen LogP contribution in [-0.2, 0) is 40.4 Å². The molecule has 0 aromatic heterocycles. The van der Waals surface area contributed by atoms with Crippen molar-refractivity contribution < 1.29 is 40.1 Å². The summed E-state index contributed by atoms with van der Waals surface area (Å²) >= 11 is 0. The Morgan fingerprint density at radius 1 is 0.884 bits per heavy atom. The third kappa shape index (κ3) is 6.50. The highest BCUT2D eigenvalue weighted by atomic mass is 32.2. The second-order valence-electron chi connectivity index (χ2n) is 10.3. The minimum absolute atomic E-state index is 0.00812. The Hall–Kier alpha value is -3.62. The summed E-state index contributed by atoms with van der Waals surface area (Å²) in [6.45, 7) is 2.41. The lowest BCUT2D eigenvalue weighted by molar-refractivity contribution is -0.114. The second kappa shape index (κ2) is 12.5. The molecule has 1 fully saturated rings. The van der Waals surface area contributed by atoms with E-state index in [0.717, 1.165) is 12.0 Å². The van der Waals surface area contributed by atoms with E-state index in [9.17, 15) is 26.4 Å². The lowest BCUT2D eigenvalue weighted by atomic mass is 10.1. The molecule has 2 aliphatic rings. The molecule has 1 atom stereocenters. The first-order valence-corrected chi connectivity index (χ1v) is 16.5. The highest BCUT2D eigenvalue weighted by Crippen LogP contribution is 2.34. The number of ketones is 1. The maximum absolute atomic E-state index is 13.3. The predicted octanol–water partition coefficient (Wildman–Crippen LogP) is 3.31. The number of aryl methyl sites for hydroxylation is 1. The van der Waals surface area contributed by atoms with Crippen LogP contribution in [0.5, 0.6) is 5.75 Å². The van der Waals surface area contributed by atoms with E-state index >= 15 is 0 Å². The molecule has 0 spiro atoms. The summed E-state index contributed by atoms with van der Waals surface area (Å²) in [5, 5.41) is 0. The van der Waals surface area contributed by atoms with Crippen molar-refractivity contribution in [2.24, 2.45) is 0 Å². The van der Waals surface area contributed by atoms with Crippen LogP contribution in [0.2, 0.25) is 0 Å². The molecule has 0 saturated carbocycles. The predicted molar refractivity (Wildman–Crippen MR) is 157 cm³/mol. The number of carbonyl (C=O) groups is 2. The molecule has 2 aliphatic heterocycles. The third-order valence-corrected chi connectivity index (χ3v) is 10.7. The number of fused-ring (bicyclic) bond motifs is 1. The topological polar surface area (TPSA) is 137 Å². The molecule has 11 nitrogen and oxygen atoms in total. The summed E-state index contributed by atoms with van der Waals surface area (Å²) in [4.78, 5) is 27.1. The van der Waals surface area contributed by atoms with Gasteiger partial charge in [-0.3, -0.25) is 13.8 Å². The van der Waals surface area contributed by atoms with E-state index in [1.54, 1.807) is 36.4 Å². The Bertz CT molecular complexity index is 1720. The van der Waals surface area contributed by atoms with Gasteiger partial charge in [-0.15, -0.1) is 0 Å². The number of nitrogens with zero attached hydrogens (tertiary/aromatic N) is 2. The van der Waals surface area contributed by atoms with Crippen LogP contribution < -0.4 is 9.64 Å². The Labute approximate surface area is 251 Å². The van der Waals surface area contributed by atoms with Crippen molar-refractivity contribution in [2.45, 2.75) is 42.1 Å².